The number of rotatable bonds is 3. The largest absolute Gasteiger partial charge is 0.336 e. The third kappa shape index (κ3) is 2.36. The topological polar surface area (TPSA) is 12.0 Å². The van der Waals surface area contributed by atoms with Gasteiger partial charge in [-0.25, -0.2) is 0 Å². The summed E-state index contributed by atoms with van der Waals surface area (Å²) in [6.07, 6.45) is 0. The first kappa shape index (κ1) is 6.66. The molecule has 0 saturated heterocycles. The average Bonchev–Trinajstić information content (AvgIpc) is 1.72. The van der Waals surface area contributed by atoms with E-state index in [1.807, 2.05) is 18.4 Å². The van der Waals surface area contributed by atoms with Crippen molar-refractivity contribution in [1.82, 2.24) is 4.98 Å². The van der Waals surface area contributed by atoms with Gasteiger partial charge in [0.2, 0.25) is 0 Å². The first-order chi connectivity index (χ1) is 3.35. The molecule has 0 aliphatic carbocycles. The van der Waals surface area contributed by atoms with Gasteiger partial charge in [0.1, 0.15) is 0 Å². The maximum Gasteiger partial charge on any atom is 0.157 e. The Bertz CT molecular complexity index is 62.5. The Kier molecular flexibility index (Phi) is 3.65. The molecule has 0 spiro atoms. The van der Waals surface area contributed by atoms with E-state index >= 15 is 0 Å². The summed E-state index contributed by atoms with van der Waals surface area (Å²) < 4.78 is 0. The van der Waals surface area contributed by atoms with Crippen LogP contribution in [-0.4, -0.2) is 16.0 Å². The van der Waals surface area contributed by atoms with Gasteiger partial charge in [-0.1, -0.05) is 11.4 Å². The number of nitrogens with one attached hydrogen (secondary N) is 1. The summed E-state index contributed by atoms with van der Waals surface area (Å²) in [6, 6.07) is 0. The van der Waals surface area contributed by atoms with E-state index in [1.54, 1.807) is 0 Å². The molecule has 0 aromatic carbocycles. The molecule has 2 heteroatoms. The Morgan fingerprint density at radius 2 is 1.86 bits per heavy atom. The summed E-state index contributed by atoms with van der Waals surface area (Å²) >= 11 is 0. The highest BCUT2D eigenvalue weighted by atomic mass is 28.3. The minimum Gasteiger partial charge on any atom is -0.336 e. The van der Waals surface area contributed by atoms with Crippen LogP contribution in [0.25, 0.3) is 0 Å². The average molecular weight is 113 g/mol. The monoisotopic (exact) mass is 113 g/mol. The summed E-state index contributed by atoms with van der Waals surface area (Å²) in [5, 5.41) is 0. The lowest BCUT2D eigenvalue weighted by Crippen LogP contribution is -2.25. The quantitative estimate of drug-likeness (QED) is 0.522. The van der Waals surface area contributed by atoms with Crippen molar-refractivity contribution in [3.63, 3.8) is 0 Å². The summed E-state index contributed by atoms with van der Waals surface area (Å²) in [7, 11) is 1.04. The Morgan fingerprint density at radius 3 is 1.86 bits per heavy atom. The molecule has 0 amide bonds. The molecule has 40 valence electrons. The second-order valence-corrected chi connectivity index (χ2v) is 3.86. The fourth-order valence-corrected chi connectivity index (χ4v) is 0.996. The van der Waals surface area contributed by atoms with E-state index < -0.39 is 8.96 Å². The van der Waals surface area contributed by atoms with Gasteiger partial charge in [-0.3, -0.25) is 0 Å². The normalized spacial score (nSPS) is 8.86. The molecule has 0 heterocycles. The van der Waals surface area contributed by atoms with Crippen LogP contribution in [0.4, 0.5) is 0 Å². The molecule has 7 heavy (non-hydrogen) atoms. The zero-order valence-corrected chi connectivity index (χ0v) is 5.80. The summed E-state index contributed by atoms with van der Waals surface area (Å²) in [4.78, 5) is 3.10. The Balaban J connectivity index is 3.36. The van der Waals surface area contributed by atoms with Gasteiger partial charge in [-0.05, 0) is 7.05 Å². The van der Waals surface area contributed by atoms with Crippen molar-refractivity contribution < 1.29 is 0 Å². The third-order valence-corrected chi connectivity index (χ3v) is 2.52. The molecule has 0 rings (SSSR count). The van der Waals surface area contributed by atoms with E-state index in [0.29, 0.717) is 0 Å². The highest BCUT2D eigenvalue weighted by molar-refractivity contribution is 6.66. The molecular formula is C5H11NSi. The zero-order chi connectivity index (χ0) is 5.70. The van der Waals surface area contributed by atoms with E-state index in [1.165, 1.54) is 0 Å². The second-order valence-electron chi connectivity index (χ2n) is 1.29. The molecule has 0 aromatic rings. The van der Waals surface area contributed by atoms with Crippen molar-refractivity contribution in [2.45, 2.75) is 0 Å². The number of hydrogen-bond acceptors (Lipinski definition) is 1. The molecule has 1 nitrogen and oxygen atoms in total. The van der Waals surface area contributed by atoms with E-state index in [0.717, 1.165) is 0 Å². The number of hydrogen-bond donors (Lipinski definition) is 1. The van der Waals surface area contributed by atoms with Gasteiger partial charge in [0.15, 0.2) is 8.96 Å². The van der Waals surface area contributed by atoms with Crippen LogP contribution in [-0.2, 0) is 0 Å². The van der Waals surface area contributed by atoms with Crippen LogP contribution in [0.15, 0.2) is 24.6 Å². The minimum atomic E-state index is -0.894. The highest BCUT2D eigenvalue weighted by Gasteiger charge is 1.90. The predicted octanol–water partition coefficient (Wildman–Crippen LogP) is 0.380. The molecule has 0 aliphatic heterocycles. The van der Waals surface area contributed by atoms with E-state index in [2.05, 4.69) is 18.1 Å². The van der Waals surface area contributed by atoms with Crippen LogP contribution in [0.1, 0.15) is 0 Å². The molecule has 0 aromatic heterocycles. The molecule has 0 radical (unpaired) electrons. The Morgan fingerprint density at radius 1 is 1.43 bits per heavy atom. The molecule has 0 fully saturated rings. The van der Waals surface area contributed by atoms with Gasteiger partial charge in [0.25, 0.3) is 0 Å². The highest BCUT2D eigenvalue weighted by Crippen LogP contribution is 1.73. The van der Waals surface area contributed by atoms with Gasteiger partial charge >= 0.3 is 0 Å². The van der Waals surface area contributed by atoms with Crippen LogP contribution in [0.3, 0.4) is 0 Å². The van der Waals surface area contributed by atoms with Crippen LogP contribution in [0.2, 0.25) is 0 Å². The molecule has 0 aliphatic rings. The first-order valence-corrected chi connectivity index (χ1v) is 4.18. The molecule has 0 atom stereocenters. The lowest BCUT2D eigenvalue weighted by atomic mass is 11.2. The Hall–Kier alpha value is -0.343. The lowest BCUT2D eigenvalue weighted by molar-refractivity contribution is 1.23. The molecule has 1 N–H and O–H groups in total. The van der Waals surface area contributed by atoms with Crippen molar-refractivity contribution in [3.05, 3.63) is 24.6 Å². The van der Waals surface area contributed by atoms with Crippen LogP contribution in [0.5, 0.6) is 0 Å². The SMILES string of the molecule is C=C[SiH](C=C)NC. The summed E-state index contributed by atoms with van der Waals surface area (Å²) in [5.41, 5.74) is 3.88. The first-order valence-electron chi connectivity index (χ1n) is 2.27. The van der Waals surface area contributed by atoms with Crippen molar-refractivity contribution in [2.75, 3.05) is 7.05 Å². The van der Waals surface area contributed by atoms with Crippen molar-refractivity contribution >= 4 is 8.96 Å². The Labute approximate surface area is 46.4 Å². The fourth-order valence-electron chi connectivity index (χ4n) is 0.332. The van der Waals surface area contributed by atoms with Gasteiger partial charge in [0.05, 0.1) is 0 Å². The molecule has 0 bridgehead atoms. The fraction of sp³-hybridized carbons (Fsp3) is 0.200. The van der Waals surface area contributed by atoms with E-state index in [-0.39, 0.29) is 0 Å². The van der Waals surface area contributed by atoms with Gasteiger partial charge < -0.3 is 4.98 Å². The molecular weight excluding hydrogens is 102 g/mol. The second kappa shape index (κ2) is 3.83. The van der Waals surface area contributed by atoms with Crippen molar-refractivity contribution in [1.29, 1.82) is 0 Å². The van der Waals surface area contributed by atoms with E-state index in [4.69, 9.17) is 0 Å². The van der Waals surface area contributed by atoms with Crippen LogP contribution < -0.4 is 4.98 Å². The van der Waals surface area contributed by atoms with Gasteiger partial charge in [-0.2, -0.15) is 0 Å². The van der Waals surface area contributed by atoms with Gasteiger partial charge in [0, 0.05) is 0 Å². The standard InChI is InChI=1S/C5H11NSi/c1-4-7(5-2)6-3/h4-7H,1-2H2,3H3. The zero-order valence-electron chi connectivity index (χ0n) is 4.65. The van der Waals surface area contributed by atoms with Crippen LogP contribution >= 0.6 is 0 Å². The summed E-state index contributed by atoms with van der Waals surface area (Å²) in [5.74, 6) is 0. The smallest absolute Gasteiger partial charge is 0.157 e. The molecule has 0 unspecified atom stereocenters. The van der Waals surface area contributed by atoms with Gasteiger partial charge in [-0.15, -0.1) is 13.2 Å². The third-order valence-electron chi connectivity index (χ3n) is 0.841. The van der Waals surface area contributed by atoms with E-state index in [9.17, 15) is 0 Å². The van der Waals surface area contributed by atoms with Crippen molar-refractivity contribution in [3.8, 4) is 0 Å². The lowest BCUT2D eigenvalue weighted by Gasteiger charge is -1.97. The predicted molar refractivity (Wildman–Crippen MR) is 36.6 cm³/mol. The van der Waals surface area contributed by atoms with Crippen LogP contribution in [0, 0.1) is 0 Å². The maximum absolute atomic E-state index is 3.63. The summed E-state index contributed by atoms with van der Waals surface area (Å²) in [6.45, 7) is 7.26. The molecule has 0 saturated carbocycles. The minimum absolute atomic E-state index is 0.894. The van der Waals surface area contributed by atoms with Crippen molar-refractivity contribution in [2.24, 2.45) is 0 Å². The maximum atomic E-state index is 3.63.